The smallest absolute Gasteiger partial charge is 0.251 e. The van der Waals surface area contributed by atoms with Crippen molar-refractivity contribution in [3.63, 3.8) is 0 Å². The molecule has 3 aromatic carbocycles. The van der Waals surface area contributed by atoms with Crippen LogP contribution in [-0.2, 0) is 34.8 Å². The number of nitrogens with zero attached hydrogens (tertiary/aromatic N) is 3. The van der Waals surface area contributed by atoms with Gasteiger partial charge in [-0.05, 0) is 40.8 Å². The summed E-state index contributed by atoms with van der Waals surface area (Å²) in [6, 6.07) is 21.6. The fraction of sp³-hybridized carbons (Fsp3) is 0.281. The molecule has 0 spiro atoms. The summed E-state index contributed by atoms with van der Waals surface area (Å²) < 4.78 is 26.4. The Labute approximate surface area is 246 Å². The lowest BCUT2D eigenvalue weighted by molar-refractivity contribution is -0.917. The molecule has 9 heteroatoms. The predicted molar refractivity (Wildman–Crippen MR) is 168 cm³/mol. The normalized spacial score (nSPS) is 15.6. The van der Waals surface area contributed by atoms with E-state index in [-0.39, 0.29) is 11.8 Å². The van der Waals surface area contributed by atoms with Crippen LogP contribution >= 0.6 is 11.6 Å². The lowest BCUT2D eigenvalue weighted by Gasteiger charge is -2.30. The van der Waals surface area contributed by atoms with Crippen LogP contribution in [-0.4, -0.2) is 56.2 Å². The second-order valence-electron chi connectivity index (χ2n) is 11.6. The predicted octanol–water partition coefficient (Wildman–Crippen LogP) is 5.32. The van der Waals surface area contributed by atoms with E-state index < -0.39 is 9.84 Å². The lowest BCUT2D eigenvalue weighted by Crippen LogP contribution is -2.38. The van der Waals surface area contributed by atoms with Crippen LogP contribution in [0.5, 0.6) is 0 Å². The maximum atomic E-state index is 13.3. The van der Waals surface area contributed by atoms with Crippen molar-refractivity contribution in [3.8, 4) is 0 Å². The van der Waals surface area contributed by atoms with E-state index in [0.717, 1.165) is 45.4 Å². The van der Waals surface area contributed by atoms with E-state index in [0.29, 0.717) is 34.2 Å². The van der Waals surface area contributed by atoms with Crippen LogP contribution in [0.1, 0.15) is 28.3 Å². The maximum absolute atomic E-state index is 13.3. The molecule has 0 bridgehead atoms. The van der Waals surface area contributed by atoms with Crippen LogP contribution in [0.2, 0.25) is 0 Å². The summed E-state index contributed by atoms with van der Waals surface area (Å²) in [6.45, 7) is 1.97. The van der Waals surface area contributed by atoms with Gasteiger partial charge in [-0.2, -0.15) is 0 Å². The monoisotopic (exact) mass is 591 g/mol. The van der Waals surface area contributed by atoms with E-state index in [4.69, 9.17) is 17.3 Å². The Hall–Kier alpha value is -3.59. The molecule has 41 heavy (non-hydrogen) atoms. The van der Waals surface area contributed by atoms with Crippen LogP contribution in [0.25, 0.3) is 16.8 Å². The highest BCUT2D eigenvalue weighted by Crippen LogP contribution is 2.44. The first kappa shape index (κ1) is 28.9. The number of amides is 1. The van der Waals surface area contributed by atoms with Gasteiger partial charge in [0.25, 0.3) is 5.91 Å². The Morgan fingerprint density at radius 3 is 2.37 bits per heavy atom. The molecule has 1 aliphatic heterocycles. The number of rotatable bonds is 8. The molecule has 1 unspecified atom stereocenters. The zero-order valence-corrected chi connectivity index (χ0v) is 25.4. The summed E-state index contributed by atoms with van der Waals surface area (Å²) in [5, 5.41) is 2.35. The van der Waals surface area contributed by atoms with Crippen molar-refractivity contribution in [1.82, 2.24) is 4.57 Å². The summed E-state index contributed by atoms with van der Waals surface area (Å²) >= 11 is 6.34. The molecule has 0 fully saturated rings. The van der Waals surface area contributed by atoms with Crippen LogP contribution in [0.3, 0.4) is 0 Å². The van der Waals surface area contributed by atoms with Gasteiger partial charge in [0.1, 0.15) is 18.1 Å². The number of aromatic nitrogens is 1. The highest BCUT2D eigenvalue weighted by atomic mass is 35.5. The number of quaternary nitrogens is 1. The molecule has 5 rings (SSSR count). The number of benzene rings is 3. The number of nitrogens with two attached hydrogens (primary N) is 1. The van der Waals surface area contributed by atoms with Gasteiger partial charge in [0.2, 0.25) is 0 Å². The molecule has 2 heterocycles. The summed E-state index contributed by atoms with van der Waals surface area (Å²) in [4.78, 5) is 15.1. The third kappa shape index (κ3) is 5.91. The van der Waals surface area contributed by atoms with Crippen molar-refractivity contribution in [1.29, 1.82) is 0 Å². The Bertz CT molecular complexity index is 1760. The third-order valence-corrected chi connectivity index (χ3v) is 9.35. The summed E-state index contributed by atoms with van der Waals surface area (Å²) in [5.74, 6) is 0.364. The van der Waals surface area contributed by atoms with E-state index in [2.05, 4.69) is 26.2 Å². The van der Waals surface area contributed by atoms with Gasteiger partial charge in [0, 0.05) is 54.4 Å². The molecular weight excluding hydrogens is 556 g/mol. The highest BCUT2D eigenvalue weighted by molar-refractivity contribution is 7.90. The third-order valence-electron chi connectivity index (χ3n) is 7.81. The number of halogens is 1. The van der Waals surface area contributed by atoms with E-state index in [1.807, 2.05) is 54.6 Å². The van der Waals surface area contributed by atoms with Gasteiger partial charge in [0.05, 0.1) is 25.5 Å². The molecule has 214 valence electrons. The number of carbonyl (C=O) groups excluding carboxylic acids is 1. The van der Waals surface area contributed by atoms with Crippen molar-refractivity contribution in [3.05, 3.63) is 95.2 Å². The Morgan fingerprint density at radius 1 is 1.05 bits per heavy atom. The van der Waals surface area contributed by atoms with Crippen LogP contribution < -0.4 is 10.6 Å². The quantitative estimate of drug-likeness (QED) is 0.130. The summed E-state index contributed by atoms with van der Waals surface area (Å²) in [6.07, 6.45) is 4.67. The number of hydrogen-bond acceptors (Lipinski definition) is 4. The van der Waals surface area contributed by atoms with Crippen LogP contribution in [0.15, 0.2) is 77.8 Å². The molecular formula is C32H36ClN4O3S+. The fourth-order valence-electron chi connectivity index (χ4n) is 5.85. The summed E-state index contributed by atoms with van der Waals surface area (Å²) in [7, 11) is 2.77. The number of anilines is 2. The Morgan fingerprint density at radius 2 is 1.73 bits per heavy atom. The molecule has 1 amide bonds. The molecule has 4 aromatic rings. The number of nitrogen functional groups attached to an aromatic ring is 1. The average molecular weight is 592 g/mol. The molecule has 1 aromatic heterocycles. The zero-order valence-electron chi connectivity index (χ0n) is 23.8. The van der Waals surface area contributed by atoms with Crippen molar-refractivity contribution >= 4 is 55.6 Å². The van der Waals surface area contributed by atoms with Gasteiger partial charge in [0.15, 0.2) is 9.84 Å². The molecule has 0 aliphatic carbocycles. The van der Waals surface area contributed by atoms with Crippen molar-refractivity contribution < 1.29 is 17.7 Å². The topological polar surface area (TPSA) is 85.4 Å². The minimum absolute atomic E-state index is 0.0452. The minimum atomic E-state index is -3.27. The molecule has 1 atom stereocenters. The molecule has 2 N–H and O–H groups in total. The number of fused-ring (bicyclic) bond motifs is 3. The standard InChI is InChI=1S/C32H36ClN4O3S/c1-35-25(14-16-31(35)41(4,39)40)21-37(2,3)20-23-11-9-22(10-12-23)13-15-30(38)36-19-24(18-33)32-27-8-6-5-7-26(27)28(34)17-29(32)36/h5-17,24H,18-21,34H2,1-4H3/q+1/b15-13+. The zero-order chi connectivity index (χ0) is 29.5. The van der Waals surface area contributed by atoms with E-state index in [1.54, 1.807) is 28.7 Å². The van der Waals surface area contributed by atoms with Crippen LogP contribution in [0, 0.1) is 0 Å². The van der Waals surface area contributed by atoms with Crippen molar-refractivity contribution in [2.75, 3.05) is 43.4 Å². The lowest BCUT2D eigenvalue weighted by atomic mass is 9.95. The van der Waals surface area contributed by atoms with Crippen molar-refractivity contribution in [2.24, 2.45) is 7.05 Å². The van der Waals surface area contributed by atoms with E-state index in [9.17, 15) is 13.2 Å². The van der Waals surface area contributed by atoms with Crippen LogP contribution in [0.4, 0.5) is 11.4 Å². The SMILES string of the molecule is Cn1c(C[N+](C)(C)Cc2ccc(/C=C/C(=O)N3CC(CCl)c4c3cc(N)c3ccccc43)cc2)ccc1S(C)(=O)=O. The van der Waals surface area contributed by atoms with Gasteiger partial charge in [-0.25, -0.2) is 8.42 Å². The Kier molecular flexibility index (Phi) is 7.76. The van der Waals surface area contributed by atoms with Crippen molar-refractivity contribution in [2.45, 2.75) is 24.0 Å². The largest absolute Gasteiger partial charge is 0.398 e. The first-order valence-electron chi connectivity index (χ1n) is 13.5. The molecule has 0 radical (unpaired) electrons. The summed E-state index contributed by atoms with van der Waals surface area (Å²) in [5.41, 5.74) is 12.0. The average Bonchev–Trinajstić information content (AvgIpc) is 3.48. The fourth-order valence-corrected chi connectivity index (χ4v) is 7.03. The minimum Gasteiger partial charge on any atom is -0.398 e. The number of alkyl halides is 1. The second-order valence-corrected chi connectivity index (χ2v) is 13.8. The molecule has 7 nitrogen and oxygen atoms in total. The van der Waals surface area contributed by atoms with E-state index in [1.165, 1.54) is 6.26 Å². The number of sulfone groups is 1. The Balaban J connectivity index is 1.28. The highest BCUT2D eigenvalue weighted by Gasteiger charge is 2.33. The number of hydrogen-bond donors (Lipinski definition) is 1. The molecule has 1 aliphatic rings. The first-order chi connectivity index (χ1) is 19.4. The van der Waals surface area contributed by atoms with Gasteiger partial charge in [-0.15, -0.1) is 11.6 Å². The maximum Gasteiger partial charge on any atom is 0.251 e. The van der Waals surface area contributed by atoms with Gasteiger partial charge in [-0.3, -0.25) is 4.79 Å². The van der Waals surface area contributed by atoms with E-state index >= 15 is 0 Å². The number of carbonyl (C=O) groups is 1. The van der Waals surface area contributed by atoms with Gasteiger partial charge >= 0.3 is 0 Å². The molecule has 0 saturated carbocycles. The van der Waals surface area contributed by atoms with Gasteiger partial charge < -0.3 is 19.7 Å². The molecule has 0 saturated heterocycles. The second kappa shape index (κ2) is 11.0. The first-order valence-corrected chi connectivity index (χ1v) is 15.9. The van der Waals surface area contributed by atoms with Gasteiger partial charge in [-0.1, -0.05) is 48.5 Å².